The Bertz CT molecular complexity index is 453. The quantitative estimate of drug-likeness (QED) is 0.862. The Morgan fingerprint density at radius 1 is 1.45 bits per heavy atom. The van der Waals surface area contributed by atoms with E-state index in [0.29, 0.717) is 18.3 Å². The van der Waals surface area contributed by atoms with Gasteiger partial charge in [0.2, 0.25) is 0 Å². The number of benzene rings is 1. The average Bonchev–Trinajstić information content (AvgIpc) is 2.45. The van der Waals surface area contributed by atoms with E-state index >= 15 is 0 Å². The number of phenolic OH excluding ortho intramolecular Hbond substituents is 1. The smallest absolute Gasteiger partial charge is 0.160 e. The number of hydrogen-bond acceptors (Lipinski definition) is 5. The number of likely N-dealkylation sites (N-methyl/N-ethyl adjacent to an activating group) is 1. The number of phenols is 1. The highest BCUT2D eigenvalue weighted by Gasteiger charge is 2.27. The van der Waals surface area contributed by atoms with Crippen LogP contribution in [0.5, 0.6) is 11.5 Å². The van der Waals surface area contributed by atoms with E-state index in [1.165, 1.54) is 0 Å². The monoisotopic (exact) mass is 279 g/mol. The average molecular weight is 279 g/mol. The van der Waals surface area contributed by atoms with Crippen LogP contribution in [0.15, 0.2) is 18.2 Å². The van der Waals surface area contributed by atoms with Gasteiger partial charge in [0.05, 0.1) is 7.11 Å². The zero-order valence-corrected chi connectivity index (χ0v) is 12.5. The summed E-state index contributed by atoms with van der Waals surface area (Å²) in [5, 5.41) is 9.70. The Hall–Kier alpha value is -1.30. The van der Waals surface area contributed by atoms with Crippen LogP contribution in [0.25, 0.3) is 0 Å². The minimum Gasteiger partial charge on any atom is -0.504 e. The first-order valence-corrected chi connectivity index (χ1v) is 7.08. The molecule has 1 aromatic rings. The van der Waals surface area contributed by atoms with Crippen LogP contribution in [-0.4, -0.2) is 61.3 Å². The maximum atomic E-state index is 9.70. The third-order valence-corrected chi connectivity index (χ3v) is 4.24. The van der Waals surface area contributed by atoms with E-state index in [-0.39, 0.29) is 11.8 Å². The van der Waals surface area contributed by atoms with Gasteiger partial charge in [0.1, 0.15) is 0 Å². The van der Waals surface area contributed by atoms with Crippen LogP contribution in [0.4, 0.5) is 0 Å². The second kappa shape index (κ2) is 6.43. The predicted octanol–water partition coefficient (Wildman–Crippen LogP) is 1.04. The van der Waals surface area contributed by atoms with Crippen molar-refractivity contribution in [1.82, 2.24) is 9.80 Å². The van der Waals surface area contributed by atoms with Crippen molar-refractivity contribution >= 4 is 0 Å². The fraction of sp³-hybridized carbons (Fsp3) is 0.600. The molecule has 2 atom stereocenters. The van der Waals surface area contributed by atoms with E-state index in [1.807, 2.05) is 12.1 Å². The Kier molecular flexibility index (Phi) is 4.86. The zero-order chi connectivity index (χ0) is 14.7. The minimum atomic E-state index is 0.166. The summed E-state index contributed by atoms with van der Waals surface area (Å²) in [6, 6.07) is 6.18. The largest absolute Gasteiger partial charge is 0.504 e. The van der Waals surface area contributed by atoms with E-state index in [4.69, 9.17) is 10.5 Å². The molecule has 1 fully saturated rings. The second-order valence-corrected chi connectivity index (χ2v) is 5.51. The van der Waals surface area contributed by atoms with Gasteiger partial charge in [-0.15, -0.1) is 0 Å². The van der Waals surface area contributed by atoms with E-state index < -0.39 is 0 Å². The number of rotatable bonds is 4. The standard InChI is InChI=1S/C15H25N3O2/c1-11-10-18(7-6-17(11)2)13(9-16)12-4-5-14(19)15(8-12)20-3/h4-5,8,11,13,19H,6-7,9-10,16H2,1-3H3. The molecule has 0 amide bonds. The third kappa shape index (κ3) is 3.06. The van der Waals surface area contributed by atoms with E-state index in [1.54, 1.807) is 13.2 Å². The highest BCUT2D eigenvalue weighted by atomic mass is 16.5. The molecule has 2 unspecified atom stereocenters. The van der Waals surface area contributed by atoms with Gasteiger partial charge in [-0.3, -0.25) is 4.90 Å². The number of nitrogens with two attached hydrogens (primary N) is 1. The Balaban J connectivity index is 2.19. The summed E-state index contributed by atoms with van der Waals surface area (Å²) >= 11 is 0. The van der Waals surface area contributed by atoms with Crippen LogP contribution in [0.1, 0.15) is 18.5 Å². The number of piperazine rings is 1. The highest BCUT2D eigenvalue weighted by molar-refractivity contribution is 5.42. The van der Waals surface area contributed by atoms with Crippen molar-refractivity contribution in [3.8, 4) is 11.5 Å². The molecule has 0 saturated carbocycles. The predicted molar refractivity (Wildman–Crippen MR) is 80.1 cm³/mol. The maximum Gasteiger partial charge on any atom is 0.160 e. The van der Waals surface area contributed by atoms with Gasteiger partial charge in [0.25, 0.3) is 0 Å². The van der Waals surface area contributed by atoms with Crippen LogP contribution in [0, 0.1) is 0 Å². The lowest BCUT2D eigenvalue weighted by Crippen LogP contribution is -2.52. The van der Waals surface area contributed by atoms with Crippen molar-refractivity contribution in [3.05, 3.63) is 23.8 Å². The topological polar surface area (TPSA) is 62.0 Å². The molecule has 0 radical (unpaired) electrons. The summed E-state index contributed by atoms with van der Waals surface area (Å²) in [6.45, 7) is 5.85. The molecule has 3 N–H and O–H groups in total. The van der Waals surface area contributed by atoms with Gasteiger partial charge < -0.3 is 20.5 Å². The zero-order valence-electron chi connectivity index (χ0n) is 12.5. The van der Waals surface area contributed by atoms with Crippen LogP contribution >= 0.6 is 0 Å². The van der Waals surface area contributed by atoms with Crippen molar-refractivity contribution in [2.45, 2.75) is 19.0 Å². The molecule has 5 nitrogen and oxygen atoms in total. The molecule has 1 aliphatic heterocycles. The summed E-state index contributed by atoms with van der Waals surface area (Å²) in [5.74, 6) is 0.668. The Labute approximate surface area is 120 Å². The first-order chi connectivity index (χ1) is 9.56. The molecule has 0 aliphatic carbocycles. The van der Waals surface area contributed by atoms with Gasteiger partial charge in [-0.25, -0.2) is 0 Å². The van der Waals surface area contributed by atoms with Gasteiger partial charge in [-0.2, -0.15) is 0 Å². The number of aromatic hydroxyl groups is 1. The number of methoxy groups -OCH3 is 1. The molecule has 2 rings (SSSR count). The van der Waals surface area contributed by atoms with Crippen molar-refractivity contribution in [3.63, 3.8) is 0 Å². The molecule has 1 aromatic carbocycles. The fourth-order valence-electron chi connectivity index (χ4n) is 2.76. The maximum absolute atomic E-state index is 9.70. The highest BCUT2D eigenvalue weighted by Crippen LogP contribution is 2.31. The van der Waals surface area contributed by atoms with Gasteiger partial charge in [0.15, 0.2) is 11.5 Å². The molecule has 1 aliphatic rings. The van der Waals surface area contributed by atoms with Crippen LogP contribution < -0.4 is 10.5 Å². The summed E-state index contributed by atoms with van der Waals surface area (Å²) in [5.41, 5.74) is 7.08. The number of hydrogen-bond donors (Lipinski definition) is 2. The molecular weight excluding hydrogens is 254 g/mol. The van der Waals surface area contributed by atoms with E-state index in [2.05, 4.69) is 23.8 Å². The first-order valence-electron chi connectivity index (χ1n) is 7.08. The summed E-state index contributed by atoms with van der Waals surface area (Å²) in [6.07, 6.45) is 0. The lowest BCUT2D eigenvalue weighted by Gasteiger charge is -2.41. The lowest BCUT2D eigenvalue weighted by atomic mass is 10.0. The van der Waals surface area contributed by atoms with Crippen molar-refractivity contribution < 1.29 is 9.84 Å². The molecule has 0 aromatic heterocycles. The summed E-state index contributed by atoms with van der Waals surface area (Å²) in [4.78, 5) is 4.78. The van der Waals surface area contributed by atoms with Gasteiger partial charge in [-0.05, 0) is 31.7 Å². The fourth-order valence-corrected chi connectivity index (χ4v) is 2.76. The normalized spacial score (nSPS) is 22.7. The van der Waals surface area contributed by atoms with E-state index in [0.717, 1.165) is 25.2 Å². The van der Waals surface area contributed by atoms with Crippen LogP contribution in [0.2, 0.25) is 0 Å². The summed E-state index contributed by atoms with van der Waals surface area (Å²) in [7, 11) is 3.72. The minimum absolute atomic E-state index is 0.166. The Morgan fingerprint density at radius 3 is 2.80 bits per heavy atom. The van der Waals surface area contributed by atoms with Crippen molar-refractivity contribution in [1.29, 1.82) is 0 Å². The molecule has 0 spiro atoms. The van der Waals surface area contributed by atoms with Gasteiger partial charge in [-0.1, -0.05) is 6.07 Å². The van der Waals surface area contributed by atoms with Crippen LogP contribution in [-0.2, 0) is 0 Å². The SMILES string of the molecule is COc1cc(C(CN)N2CCN(C)C(C)C2)ccc1O. The van der Waals surface area contributed by atoms with E-state index in [9.17, 15) is 5.11 Å². The number of nitrogens with zero attached hydrogens (tertiary/aromatic N) is 2. The first kappa shape index (κ1) is 15.1. The van der Waals surface area contributed by atoms with Crippen molar-refractivity contribution in [2.75, 3.05) is 40.3 Å². The molecule has 112 valence electrons. The van der Waals surface area contributed by atoms with Crippen LogP contribution in [0.3, 0.4) is 0 Å². The van der Waals surface area contributed by atoms with Gasteiger partial charge >= 0.3 is 0 Å². The molecule has 1 saturated heterocycles. The summed E-state index contributed by atoms with van der Waals surface area (Å²) < 4.78 is 5.19. The molecule has 5 heteroatoms. The number of ether oxygens (including phenoxy) is 1. The molecular formula is C15H25N3O2. The third-order valence-electron chi connectivity index (χ3n) is 4.24. The Morgan fingerprint density at radius 2 is 2.20 bits per heavy atom. The second-order valence-electron chi connectivity index (χ2n) is 5.51. The molecule has 0 bridgehead atoms. The van der Waals surface area contributed by atoms with Gasteiger partial charge in [0, 0.05) is 38.3 Å². The molecule has 1 heterocycles. The van der Waals surface area contributed by atoms with Crippen molar-refractivity contribution in [2.24, 2.45) is 5.73 Å². The lowest BCUT2D eigenvalue weighted by molar-refractivity contribution is 0.0740. The molecule has 20 heavy (non-hydrogen) atoms.